The summed E-state index contributed by atoms with van der Waals surface area (Å²) in [7, 11) is 1.96. The number of carbonyl (C=O) groups excluding carboxylic acids is 1. The molecule has 23 heavy (non-hydrogen) atoms. The summed E-state index contributed by atoms with van der Waals surface area (Å²) in [4.78, 5) is 20.8. The van der Waals surface area contributed by atoms with Crippen LogP contribution in [0, 0.1) is 5.92 Å². The first kappa shape index (κ1) is 18.4. The van der Waals surface area contributed by atoms with Crippen LogP contribution < -0.4 is 0 Å². The molecule has 1 amide bonds. The van der Waals surface area contributed by atoms with Crippen molar-refractivity contribution in [2.75, 3.05) is 26.7 Å². The zero-order chi connectivity index (χ0) is 16.8. The number of hydrogen-bond donors (Lipinski definition) is 1. The molecular weight excluding hydrogens is 310 g/mol. The third kappa shape index (κ3) is 6.20. The van der Waals surface area contributed by atoms with E-state index in [9.17, 15) is 9.90 Å². The van der Waals surface area contributed by atoms with Crippen molar-refractivity contribution in [2.45, 2.75) is 52.2 Å². The standard InChI is InChI=1S/C17H29N3O2S/c1-13(2)4-5-16-18-14(12-23-16)10-19(3)11-17(22)20-8-6-15(21)7-9-20/h12-13,15,21H,4-11H2,1-3H3. The van der Waals surface area contributed by atoms with Crippen LogP contribution in [0.3, 0.4) is 0 Å². The van der Waals surface area contributed by atoms with Crippen LogP contribution in [0.25, 0.3) is 0 Å². The molecule has 5 nitrogen and oxygen atoms in total. The number of likely N-dealkylation sites (N-methyl/N-ethyl adjacent to an activating group) is 1. The van der Waals surface area contributed by atoms with Crippen LogP contribution >= 0.6 is 11.3 Å². The molecule has 1 fully saturated rings. The molecule has 0 spiro atoms. The van der Waals surface area contributed by atoms with Crippen molar-refractivity contribution in [3.05, 3.63) is 16.1 Å². The summed E-state index contributed by atoms with van der Waals surface area (Å²) < 4.78 is 0. The van der Waals surface area contributed by atoms with E-state index in [4.69, 9.17) is 0 Å². The fraction of sp³-hybridized carbons (Fsp3) is 0.765. The van der Waals surface area contributed by atoms with E-state index in [-0.39, 0.29) is 12.0 Å². The predicted molar refractivity (Wildman–Crippen MR) is 93.4 cm³/mol. The number of carbonyl (C=O) groups is 1. The Kier molecular flexibility index (Phi) is 6.99. The molecule has 1 N–H and O–H groups in total. The highest BCUT2D eigenvalue weighted by Crippen LogP contribution is 2.16. The topological polar surface area (TPSA) is 56.7 Å². The Morgan fingerprint density at radius 2 is 2.17 bits per heavy atom. The molecule has 1 aliphatic rings. The highest BCUT2D eigenvalue weighted by atomic mass is 32.1. The maximum absolute atomic E-state index is 12.3. The molecule has 0 bridgehead atoms. The Morgan fingerprint density at radius 3 is 2.83 bits per heavy atom. The van der Waals surface area contributed by atoms with E-state index in [1.165, 1.54) is 11.4 Å². The van der Waals surface area contributed by atoms with Crippen molar-refractivity contribution in [2.24, 2.45) is 5.92 Å². The summed E-state index contributed by atoms with van der Waals surface area (Å²) in [6, 6.07) is 0. The molecule has 0 aliphatic carbocycles. The largest absolute Gasteiger partial charge is 0.393 e. The van der Waals surface area contributed by atoms with E-state index < -0.39 is 0 Å². The number of thiazole rings is 1. The lowest BCUT2D eigenvalue weighted by Gasteiger charge is -2.30. The van der Waals surface area contributed by atoms with Crippen LogP contribution in [0.2, 0.25) is 0 Å². The van der Waals surface area contributed by atoms with Gasteiger partial charge in [0.2, 0.25) is 5.91 Å². The fourth-order valence-electron chi connectivity index (χ4n) is 2.73. The van der Waals surface area contributed by atoms with Gasteiger partial charge in [-0.15, -0.1) is 11.3 Å². The summed E-state index contributed by atoms with van der Waals surface area (Å²) in [6.07, 6.45) is 3.36. The first-order valence-electron chi connectivity index (χ1n) is 8.51. The van der Waals surface area contributed by atoms with Gasteiger partial charge >= 0.3 is 0 Å². The molecule has 0 aromatic carbocycles. The molecule has 0 atom stereocenters. The molecule has 0 unspecified atom stereocenters. The summed E-state index contributed by atoms with van der Waals surface area (Å²) in [5, 5.41) is 12.8. The van der Waals surface area contributed by atoms with Gasteiger partial charge in [-0.05, 0) is 38.6 Å². The van der Waals surface area contributed by atoms with E-state index in [2.05, 4.69) is 24.2 Å². The number of aliphatic hydroxyl groups is 1. The monoisotopic (exact) mass is 339 g/mol. The molecule has 0 saturated carbocycles. The van der Waals surface area contributed by atoms with Gasteiger partial charge in [0, 0.05) is 25.0 Å². The highest BCUT2D eigenvalue weighted by molar-refractivity contribution is 7.09. The average molecular weight is 340 g/mol. The molecule has 0 radical (unpaired) electrons. The first-order valence-corrected chi connectivity index (χ1v) is 9.39. The molecule has 1 aromatic rings. The van der Waals surface area contributed by atoms with Crippen molar-refractivity contribution in [1.29, 1.82) is 0 Å². The second kappa shape index (κ2) is 8.76. The number of likely N-dealkylation sites (tertiary alicyclic amines) is 1. The van der Waals surface area contributed by atoms with Gasteiger partial charge in [-0.3, -0.25) is 9.69 Å². The number of piperidine rings is 1. The van der Waals surface area contributed by atoms with Gasteiger partial charge in [0.05, 0.1) is 23.4 Å². The third-order valence-corrected chi connectivity index (χ3v) is 5.15. The molecule has 130 valence electrons. The first-order chi connectivity index (χ1) is 10.9. The minimum absolute atomic E-state index is 0.148. The van der Waals surface area contributed by atoms with Crippen molar-refractivity contribution in [1.82, 2.24) is 14.8 Å². The van der Waals surface area contributed by atoms with Gasteiger partial charge in [0.25, 0.3) is 0 Å². The van der Waals surface area contributed by atoms with E-state index in [1.807, 2.05) is 16.8 Å². The number of amides is 1. The second-order valence-electron chi connectivity index (χ2n) is 6.95. The minimum atomic E-state index is -0.240. The molecule has 6 heteroatoms. The molecule has 2 rings (SSSR count). The molecular formula is C17H29N3O2S. The molecule has 2 heterocycles. The number of aliphatic hydroxyl groups excluding tert-OH is 1. The zero-order valence-corrected chi connectivity index (χ0v) is 15.3. The lowest BCUT2D eigenvalue weighted by atomic mass is 10.1. The smallest absolute Gasteiger partial charge is 0.236 e. The van der Waals surface area contributed by atoms with Gasteiger partial charge in [-0.2, -0.15) is 0 Å². The average Bonchev–Trinajstić information content (AvgIpc) is 2.93. The summed E-state index contributed by atoms with van der Waals surface area (Å²) in [6.45, 7) is 6.92. The van der Waals surface area contributed by atoms with Gasteiger partial charge < -0.3 is 10.0 Å². The Labute approximate surface area is 143 Å². The Morgan fingerprint density at radius 1 is 1.48 bits per heavy atom. The lowest BCUT2D eigenvalue weighted by Crippen LogP contribution is -2.44. The van der Waals surface area contributed by atoms with Crippen molar-refractivity contribution in [3.63, 3.8) is 0 Å². The van der Waals surface area contributed by atoms with Crippen molar-refractivity contribution < 1.29 is 9.90 Å². The summed E-state index contributed by atoms with van der Waals surface area (Å²) in [5.74, 6) is 0.848. The number of aromatic nitrogens is 1. The van der Waals surface area contributed by atoms with E-state index >= 15 is 0 Å². The second-order valence-corrected chi connectivity index (χ2v) is 7.89. The van der Waals surface area contributed by atoms with Crippen LogP contribution in [-0.2, 0) is 17.8 Å². The normalized spacial score (nSPS) is 16.5. The number of rotatable bonds is 7. The van der Waals surface area contributed by atoms with Crippen LogP contribution in [0.15, 0.2) is 5.38 Å². The molecule has 1 saturated heterocycles. The fourth-order valence-corrected chi connectivity index (χ4v) is 3.53. The van der Waals surface area contributed by atoms with Crippen molar-refractivity contribution in [3.8, 4) is 0 Å². The van der Waals surface area contributed by atoms with Gasteiger partial charge in [0.15, 0.2) is 0 Å². The maximum atomic E-state index is 12.3. The van der Waals surface area contributed by atoms with Crippen LogP contribution in [0.1, 0.15) is 43.8 Å². The van der Waals surface area contributed by atoms with Gasteiger partial charge in [-0.1, -0.05) is 13.8 Å². The predicted octanol–water partition coefficient (Wildman–Crippen LogP) is 2.15. The van der Waals surface area contributed by atoms with Crippen LogP contribution in [0.4, 0.5) is 0 Å². The maximum Gasteiger partial charge on any atom is 0.236 e. The Balaban J connectivity index is 1.75. The lowest BCUT2D eigenvalue weighted by molar-refractivity contribution is -0.134. The molecule has 1 aliphatic heterocycles. The minimum Gasteiger partial charge on any atom is -0.393 e. The zero-order valence-electron chi connectivity index (χ0n) is 14.5. The van der Waals surface area contributed by atoms with Gasteiger partial charge in [0.1, 0.15) is 0 Å². The SMILES string of the molecule is CC(C)CCc1nc(CN(C)CC(=O)N2CCC(O)CC2)cs1. The summed E-state index contributed by atoms with van der Waals surface area (Å²) >= 11 is 1.72. The number of hydrogen-bond acceptors (Lipinski definition) is 5. The number of aryl methyl sites for hydroxylation is 1. The Hall–Kier alpha value is -0.980. The quantitative estimate of drug-likeness (QED) is 0.827. The number of nitrogens with zero attached hydrogens (tertiary/aromatic N) is 3. The van der Waals surface area contributed by atoms with E-state index in [0.717, 1.165) is 12.1 Å². The van der Waals surface area contributed by atoms with Crippen LogP contribution in [-0.4, -0.2) is 58.6 Å². The van der Waals surface area contributed by atoms with E-state index in [0.29, 0.717) is 44.9 Å². The third-order valence-electron chi connectivity index (χ3n) is 4.19. The Bertz CT molecular complexity index is 496. The van der Waals surface area contributed by atoms with Gasteiger partial charge in [-0.25, -0.2) is 4.98 Å². The van der Waals surface area contributed by atoms with Crippen LogP contribution in [0.5, 0.6) is 0 Å². The highest BCUT2D eigenvalue weighted by Gasteiger charge is 2.22. The van der Waals surface area contributed by atoms with Crippen molar-refractivity contribution >= 4 is 17.2 Å². The summed E-state index contributed by atoms with van der Waals surface area (Å²) in [5.41, 5.74) is 1.05. The molecule has 1 aromatic heterocycles. The van der Waals surface area contributed by atoms with E-state index in [1.54, 1.807) is 11.3 Å².